The second-order valence-electron chi connectivity index (χ2n) is 7.18. The van der Waals surface area contributed by atoms with Gasteiger partial charge in [0.1, 0.15) is 30.3 Å². The normalized spacial score (nSPS) is 11.2. The van der Waals surface area contributed by atoms with Crippen molar-refractivity contribution in [2.45, 2.75) is 20.0 Å². The number of ether oxygens (including phenoxy) is 3. The molecule has 0 saturated carbocycles. The number of esters is 1. The summed E-state index contributed by atoms with van der Waals surface area (Å²) < 4.78 is 16.6. The fourth-order valence-electron chi connectivity index (χ4n) is 2.90. The minimum Gasteiger partial charge on any atom is -0.490 e. The van der Waals surface area contributed by atoms with E-state index in [9.17, 15) is 14.4 Å². The third-order valence-corrected chi connectivity index (χ3v) is 4.67. The molecule has 0 aliphatic heterocycles. The molecule has 7 heteroatoms. The topological polar surface area (TPSA) is 90.9 Å². The lowest BCUT2D eigenvalue weighted by molar-refractivity contribution is -0.123. The molecule has 1 unspecified atom stereocenters. The lowest BCUT2D eigenvalue weighted by Gasteiger charge is -2.15. The number of hydrogen-bond acceptors (Lipinski definition) is 6. The fraction of sp³-hybridized carbons (Fsp3) is 0.192. The highest BCUT2D eigenvalue weighted by molar-refractivity contribution is 5.99. The van der Waals surface area contributed by atoms with Gasteiger partial charge in [-0.25, -0.2) is 4.79 Å². The molecule has 0 radical (unpaired) electrons. The minimum absolute atomic E-state index is 0.0670. The molecule has 0 fully saturated rings. The summed E-state index contributed by atoms with van der Waals surface area (Å²) in [6.07, 6.45) is -1.04. The smallest absolute Gasteiger partial charge is 0.342 e. The zero-order valence-electron chi connectivity index (χ0n) is 18.4. The van der Waals surface area contributed by atoms with E-state index < -0.39 is 18.0 Å². The van der Waals surface area contributed by atoms with Gasteiger partial charge >= 0.3 is 5.97 Å². The molecule has 0 bridgehead atoms. The number of Topliss-reactive ketones (excluding diaryl/α,β-unsaturated/α-hetero) is 1. The van der Waals surface area contributed by atoms with Crippen molar-refractivity contribution >= 4 is 23.3 Å². The number of hydrogen-bond donors (Lipinski definition) is 1. The predicted octanol–water partition coefficient (Wildman–Crippen LogP) is 4.53. The van der Waals surface area contributed by atoms with Gasteiger partial charge in [-0.05, 0) is 62.4 Å². The first-order chi connectivity index (χ1) is 15.9. The molecule has 0 aliphatic rings. The molecule has 170 valence electrons. The molecule has 0 aromatic heterocycles. The van der Waals surface area contributed by atoms with E-state index in [0.717, 1.165) is 5.75 Å². The van der Waals surface area contributed by atoms with Crippen LogP contribution < -0.4 is 14.8 Å². The second kappa shape index (κ2) is 11.5. The summed E-state index contributed by atoms with van der Waals surface area (Å²) in [6.45, 7) is 3.47. The van der Waals surface area contributed by atoms with E-state index in [4.69, 9.17) is 14.2 Å². The van der Waals surface area contributed by atoms with Crippen LogP contribution in [0.5, 0.6) is 11.5 Å². The van der Waals surface area contributed by atoms with Gasteiger partial charge in [0, 0.05) is 11.3 Å². The van der Waals surface area contributed by atoms with E-state index in [1.54, 1.807) is 48.5 Å². The Bertz CT molecular complexity index is 1100. The minimum atomic E-state index is -1.04. The first kappa shape index (κ1) is 23.5. The number of carbonyl (C=O) groups excluding carboxylic acids is 3. The summed E-state index contributed by atoms with van der Waals surface area (Å²) in [5.41, 5.74) is 1.25. The van der Waals surface area contributed by atoms with Crippen LogP contribution >= 0.6 is 0 Å². The number of rotatable bonds is 10. The van der Waals surface area contributed by atoms with E-state index in [1.165, 1.54) is 13.8 Å². The van der Waals surface area contributed by atoms with Gasteiger partial charge in [0.25, 0.3) is 5.91 Å². The van der Waals surface area contributed by atoms with Crippen LogP contribution in [-0.4, -0.2) is 37.0 Å². The van der Waals surface area contributed by atoms with Gasteiger partial charge in [-0.1, -0.05) is 30.3 Å². The van der Waals surface area contributed by atoms with Crippen LogP contribution in [0.1, 0.15) is 34.6 Å². The fourth-order valence-corrected chi connectivity index (χ4v) is 2.90. The largest absolute Gasteiger partial charge is 0.490 e. The van der Waals surface area contributed by atoms with Crippen LogP contribution in [-0.2, 0) is 9.53 Å². The summed E-state index contributed by atoms with van der Waals surface area (Å²) >= 11 is 0. The van der Waals surface area contributed by atoms with E-state index in [-0.39, 0.29) is 18.0 Å². The van der Waals surface area contributed by atoms with Crippen molar-refractivity contribution in [3.05, 3.63) is 90.0 Å². The third kappa shape index (κ3) is 6.93. The number of anilines is 1. The Morgan fingerprint density at radius 3 is 2.15 bits per heavy atom. The van der Waals surface area contributed by atoms with E-state index in [1.807, 2.05) is 30.3 Å². The third-order valence-electron chi connectivity index (χ3n) is 4.67. The molecule has 3 aromatic carbocycles. The van der Waals surface area contributed by atoms with Crippen LogP contribution in [0.25, 0.3) is 0 Å². The SMILES string of the molecule is CC(=O)c1ccc(NC(=O)C(C)OC(=O)c2ccccc2OCCOc2ccccc2)cc1. The average Bonchev–Trinajstić information content (AvgIpc) is 2.83. The van der Waals surface area contributed by atoms with Gasteiger partial charge in [-0.2, -0.15) is 0 Å². The van der Waals surface area contributed by atoms with Crippen LogP contribution in [0.4, 0.5) is 5.69 Å². The maximum atomic E-state index is 12.7. The van der Waals surface area contributed by atoms with Crippen LogP contribution in [0.3, 0.4) is 0 Å². The molecule has 1 atom stereocenters. The molecule has 0 heterocycles. The van der Waals surface area contributed by atoms with Gasteiger partial charge < -0.3 is 19.5 Å². The molecule has 3 rings (SSSR count). The zero-order valence-corrected chi connectivity index (χ0v) is 18.4. The van der Waals surface area contributed by atoms with Crippen molar-refractivity contribution in [3.63, 3.8) is 0 Å². The van der Waals surface area contributed by atoms with E-state index in [0.29, 0.717) is 23.6 Å². The number of ketones is 1. The molecule has 3 aromatic rings. The van der Waals surface area contributed by atoms with Gasteiger partial charge in [0.15, 0.2) is 11.9 Å². The Morgan fingerprint density at radius 1 is 0.818 bits per heavy atom. The lowest BCUT2D eigenvalue weighted by atomic mass is 10.1. The summed E-state index contributed by atoms with van der Waals surface area (Å²) in [7, 11) is 0. The van der Waals surface area contributed by atoms with E-state index >= 15 is 0 Å². The van der Waals surface area contributed by atoms with Crippen LogP contribution in [0.2, 0.25) is 0 Å². The molecule has 0 aliphatic carbocycles. The Labute approximate surface area is 192 Å². The van der Waals surface area contributed by atoms with Crippen molar-refractivity contribution in [1.29, 1.82) is 0 Å². The maximum Gasteiger partial charge on any atom is 0.342 e. The van der Waals surface area contributed by atoms with Crippen molar-refractivity contribution < 1.29 is 28.6 Å². The Hall–Kier alpha value is -4.13. The Morgan fingerprint density at radius 2 is 1.45 bits per heavy atom. The Kier molecular flexibility index (Phi) is 8.18. The van der Waals surface area contributed by atoms with Crippen molar-refractivity contribution in [2.24, 2.45) is 0 Å². The maximum absolute atomic E-state index is 12.7. The summed E-state index contributed by atoms with van der Waals surface area (Å²) in [5.74, 6) is -0.170. The monoisotopic (exact) mass is 447 g/mol. The summed E-state index contributed by atoms with van der Waals surface area (Å²) in [5, 5.41) is 2.66. The Balaban J connectivity index is 1.53. The molecular formula is C26H25NO6. The van der Waals surface area contributed by atoms with Crippen LogP contribution in [0.15, 0.2) is 78.9 Å². The predicted molar refractivity (Wildman–Crippen MR) is 124 cm³/mol. The molecule has 1 amide bonds. The number of para-hydroxylation sites is 2. The quantitative estimate of drug-likeness (QED) is 0.279. The lowest BCUT2D eigenvalue weighted by Crippen LogP contribution is -2.30. The first-order valence-corrected chi connectivity index (χ1v) is 10.5. The van der Waals surface area contributed by atoms with Gasteiger partial charge in [-0.15, -0.1) is 0 Å². The molecule has 33 heavy (non-hydrogen) atoms. The zero-order chi connectivity index (χ0) is 23.6. The van der Waals surface area contributed by atoms with Crippen molar-refractivity contribution in [3.8, 4) is 11.5 Å². The molecular weight excluding hydrogens is 422 g/mol. The number of amides is 1. The number of benzene rings is 3. The number of carbonyl (C=O) groups is 3. The highest BCUT2D eigenvalue weighted by Gasteiger charge is 2.21. The van der Waals surface area contributed by atoms with Gasteiger partial charge in [0.05, 0.1) is 0 Å². The van der Waals surface area contributed by atoms with Gasteiger partial charge in [-0.3, -0.25) is 9.59 Å². The molecule has 1 N–H and O–H groups in total. The standard InChI is InChI=1S/C26H25NO6/c1-18(28)20-12-14-21(15-13-20)27-25(29)19(2)33-26(30)23-10-6-7-11-24(23)32-17-16-31-22-8-4-3-5-9-22/h3-15,19H,16-17H2,1-2H3,(H,27,29). The molecule has 0 spiro atoms. The highest BCUT2D eigenvalue weighted by atomic mass is 16.6. The molecule has 7 nitrogen and oxygen atoms in total. The van der Waals surface area contributed by atoms with Crippen LogP contribution in [0, 0.1) is 0 Å². The van der Waals surface area contributed by atoms with E-state index in [2.05, 4.69) is 5.32 Å². The average molecular weight is 447 g/mol. The second-order valence-corrected chi connectivity index (χ2v) is 7.18. The number of nitrogens with one attached hydrogen (secondary N) is 1. The molecule has 0 saturated heterocycles. The summed E-state index contributed by atoms with van der Waals surface area (Å²) in [6, 6.07) is 22.4. The summed E-state index contributed by atoms with van der Waals surface area (Å²) in [4.78, 5) is 36.4. The van der Waals surface area contributed by atoms with Gasteiger partial charge in [0.2, 0.25) is 0 Å². The highest BCUT2D eigenvalue weighted by Crippen LogP contribution is 2.20. The van der Waals surface area contributed by atoms with Crippen molar-refractivity contribution in [1.82, 2.24) is 0 Å². The van der Waals surface area contributed by atoms with Crippen molar-refractivity contribution in [2.75, 3.05) is 18.5 Å². The first-order valence-electron chi connectivity index (χ1n) is 10.5.